The summed E-state index contributed by atoms with van der Waals surface area (Å²) in [5.41, 5.74) is 0.537. The minimum atomic E-state index is -0.424. The second kappa shape index (κ2) is 7.65. The maximum absolute atomic E-state index is 10.2. The molecule has 0 aromatic heterocycles. The number of benzene rings is 1. The monoisotopic (exact) mass is 276 g/mol. The van der Waals surface area contributed by atoms with Gasteiger partial charge < -0.3 is 0 Å². The first-order valence-corrected chi connectivity index (χ1v) is 6.08. The molecule has 0 bridgehead atoms. The van der Waals surface area contributed by atoms with Gasteiger partial charge in [-0.15, -0.1) is 0 Å². The minimum Gasteiger partial charge on any atom is -0.211 e. The Morgan fingerprint density at radius 1 is 1.37 bits per heavy atom. The number of rotatable bonds is 4. The largest absolute Gasteiger partial charge is 0.235 e. The van der Waals surface area contributed by atoms with Gasteiger partial charge >= 0.3 is 0 Å². The number of carbonyl (C=O) groups excluding carboxylic acids is 2. The van der Waals surface area contributed by atoms with Gasteiger partial charge in [-0.05, 0) is 37.0 Å². The molecule has 1 saturated carbocycles. The summed E-state index contributed by atoms with van der Waals surface area (Å²) in [5.74, 6) is 0. The van der Waals surface area contributed by atoms with Crippen LogP contribution in [0.4, 0.5) is 0 Å². The average Bonchev–Trinajstić information content (AvgIpc) is 3.19. The van der Waals surface area contributed by atoms with Gasteiger partial charge in [0.15, 0.2) is 0 Å². The molecule has 19 heavy (non-hydrogen) atoms. The molecule has 1 aromatic carbocycles. The van der Waals surface area contributed by atoms with Crippen LogP contribution in [0.15, 0.2) is 34.3 Å². The molecule has 2 radical (unpaired) electrons. The smallest absolute Gasteiger partial charge is 0.211 e. The zero-order valence-electron chi connectivity index (χ0n) is 10.3. The summed E-state index contributed by atoms with van der Waals surface area (Å²) in [6.45, 7) is 3.95. The third-order valence-corrected chi connectivity index (χ3v) is 2.73. The Bertz CT molecular complexity index is 514. The van der Waals surface area contributed by atoms with Crippen molar-refractivity contribution in [3.63, 3.8) is 0 Å². The van der Waals surface area contributed by atoms with E-state index in [0.717, 1.165) is 12.0 Å². The molecule has 1 fully saturated rings. The lowest BCUT2D eigenvalue weighted by Gasteiger charge is -2.07. The predicted octanol–water partition coefficient (Wildman–Crippen LogP) is 3.03. The molecule has 0 spiro atoms. The van der Waals surface area contributed by atoms with Crippen LogP contribution in [0.3, 0.4) is 0 Å². The van der Waals surface area contributed by atoms with E-state index in [9.17, 15) is 9.59 Å². The number of nitrogens with zero attached hydrogens (tertiary/aromatic N) is 2. The molecule has 1 unspecified atom stereocenters. The second-order valence-corrected chi connectivity index (χ2v) is 4.31. The Morgan fingerprint density at radius 3 is 2.53 bits per heavy atom. The number of halogens is 1. The standard InChI is InChI=1S/C10H7ClNO.C4H6NO/c11-9-3-1-2-8(6-9)10(4-5-10)12-7-13;1-2-3-5-4-6/h1-4,6H,5H2;1-3H2. The van der Waals surface area contributed by atoms with Gasteiger partial charge in [0.25, 0.3) is 0 Å². The fraction of sp³-hybridized carbons (Fsp3) is 0.286. The number of hydrogen-bond donors (Lipinski definition) is 0. The molecule has 4 nitrogen and oxygen atoms in total. The van der Waals surface area contributed by atoms with Crippen LogP contribution in [0.25, 0.3) is 0 Å². The highest BCUT2D eigenvalue weighted by Gasteiger charge is 2.45. The van der Waals surface area contributed by atoms with Crippen molar-refractivity contribution in [3.05, 3.63) is 48.2 Å². The normalized spacial score (nSPS) is 14.2. The van der Waals surface area contributed by atoms with Gasteiger partial charge in [-0.2, -0.15) is 4.99 Å². The van der Waals surface area contributed by atoms with E-state index < -0.39 is 5.54 Å². The van der Waals surface area contributed by atoms with Crippen molar-refractivity contribution in [1.82, 2.24) is 0 Å². The summed E-state index contributed by atoms with van der Waals surface area (Å²) in [6.07, 6.45) is 6.42. The lowest BCUT2D eigenvalue weighted by atomic mass is 10.1. The Kier molecular flexibility index (Phi) is 6.17. The molecule has 2 rings (SSSR count). The van der Waals surface area contributed by atoms with Crippen LogP contribution in [0.5, 0.6) is 0 Å². The number of hydrogen-bond acceptors (Lipinski definition) is 4. The summed E-state index contributed by atoms with van der Waals surface area (Å²) in [5, 5.41) is 0.665. The summed E-state index contributed by atoms with van der Waals surface area (Å²) in [6, 6.07) is 7.39. The maximum Gasteiger partial charge on any atom is 0.235 e. The third kappa shape index (κ3) is 4.80. The molecule has 0 aliphatic heterocycles. The molecular formula is C14H13ClN2O2. The van der Waals surface area contributed by atoms with E-state index in [-0.39, 0.29) is 0 Å². The van der Waals surface area contributed by atoms with Gasteiger partial charge in [-0.1, -0.05) is 30.7 Å². The van der Waals surface area contributed by atoms with Gasteiger partial charge in [-0.3, -0.25) is 0 Å². The molecule has 0 N–H and O–H groups in total. The average molecular weight is 277 g/mol. The number of aliphatic imine (C=N–C) groups is 2. The van der Waals surface area contributed by atoms with Crippen LogP contribution in [-0.4, -0.2) is 18.7 Å². The van der Waals surface area contributed by atoms with Gasteiger partial charge in [0.05, 0.1) is 6.54 Å². The molecule has 0 amide bonds. The molecule has 1 aromatic rings. The first-order chi connectivity index (χ1) is 9.18. The summed E-state index contributed by atoms with van der Waals surface area (Å²) >= 11 is 5.82. The van der Waals surface area contributed by atoms with Crippen LogP contribution in [0, 0.1) is 13.3 Å². The highest BCUT2D eigenvalue weighted by Crippen LogP contribution is 2.48. The quantitative estimate of drug-likeness (QED) is 0.627. The molecule has 98 valence electrons. The van der Waals surface area contributed by atoms with Crippen molar-refractivity contribution in [1.29, 1.82) is 0 Å². The summed E-state index contributed by atoms with van der Waals surface area (Å²) in [4.78, 5) is 26.4. The van der Waals surface area contributed by atoms with Gasteiger partial charge in [-0.25, -0.2) is 14.6 Å². The fourth-order valence-corrected chi connectivity index (χ4v) is 1.64. The summed E-state index contributed by atoms with van der Waals surface area (Å²) < 4.78 is 0. The minimum absolute atomic E-state index is 0.424. The van der Waals surface area contributed by atoms with E-state index in [1.165, 1.54) is 6.08 Å². The zero-order valence-corrected chi connectivity index (χ0v) is 11.1. The highest BCUT2D eigenvalue weighted by molar-refractivity contribution is 6.30. The molecule has 1 aliphatic rings. The van der Waals surface area contributed by atoms with Crippen molar-refractivity contribution in [3.8, 4) is 0 Å². The van der Waals surface area contributed by atoms with Crippen molar-refractivity contribution >= 4 is 23.8 Å². The number of isocyanates is 2. The Hall–Kier alpha value is -1.73. The van der Waals surface area contributed by atoms with Crippen LogP contribution in [0.1, 0.15) is 18.4 Å². The molecule has 0 heterocycles. The SMILES string of the molecule is O=C=NC1(c2cccc(Cl)c2)[CH]C1.[CH2]CCN=C=O. The first kappa shape index (κ1) is 15.3. The van der Waals surface area contributed by atoms with E-state index in [1.54, 1.807) is 12.1 Å². The molecule has 1 aliphatic carbocycles. The Labute approximate surface area is 117 Å². The Morgan fingerprint density at radius 2 is 2.11 bits per heavy atom. The van der Waals surface area contributed by atoms with Crippen molar-refractivity contribution in [2.45, 2.75) is 18.4 Å². The van der Waals surface area contributed by atoms with Crippen LogP contribution in [-0.2, 0) is 15.1 Å². The van der Waals surface area contributed by atoms with Gasteiger partial charge in [0.1, 0.15) is 5.54 Å². The topological polar surface area (TPSA) is 58.9 Å². The Balaban J connectivity index is 0.000000258. The fourth-order valence-electron chi connectivity index (χ4n) is 1.45. The zero-order chi connectivity index (χ0) is 14.1. The molecule has 5 heteroatoms. The predicted molar refractivity (Wildman–Crippen MR) is 73.1 cm³/mol. The molecular weight excluding hydrogens is 264 g/mol. The lowest BCUT2D eigenvalue weighted by molar-refractivity contribution is 0.557. The van der Waals surface area contributed by atoms with E-state index in [4.69, 9.17) is 11.6 Å². The van der Waals surface area contributed by atoms with E-state index in [1.807, 2.05) is 24.6 Å². The molecule has 1 atom stereocenters. The second-order valence-electron chi connectivity index (χ2n) is 3.87. The van der Waals surface area contributed by atoms with Crippen LogP contribution < -0.4 is 0 Å². The van der Waals surface area contributed by atoms with E-state index in [0.29, 0.717) is 18.0 Å². The first-order valence-electron chi connectivity index (χ1n) is 5.71. The van der Waals surface area contributed by atoms with Crippen molar-refractivity contribution in [2.75, 3.05) is 6.54 Å². The van der Waals surface area contributed by atoms with Crippen LogP contribution >= 0.6 is 11.6 Å². The molecule has 0 saturated heterocycles. The lowest BCUT2D eigenvalue weighted by Crippen LogP contribution is -2.01. The van der Waals surface area contributed by atoms with E-state index >= 15 is 0 Å². The van der Waals surface area contributed by atoms with Crippen molar-refractivity contribution in [2.24, 2.45) is 9.98 Å². The maximum atomic E-state index is 10.2. The third-order valence-electron chi connectivity index (χ3n) is 2.49. The highest BCUT2D eigenvalue weighted by atomic mass is 35.5. The van der Waals surface area contributed by atoms with Gasteiger partial charge in [0.2, 0.25) is 12.2 Å². The van der Waals surface area contributed by atoms with Gasteiger partial charge in [0, 0.05) is 5.02 Å². The van der Waals surface area contributed by atoms with Crippen LogP contribution in [0.2, 0.25) is 5.02 Å². The summed E-state index contributed by atoms with van der Waals surface area (Å²) in [7, 11) is 0. The van der Waals surface area contributed by atoms with Crippen molar-refractivity contribution < 1.29 is 9.59 Å². The van der Waals surface area contributed by atoms with E-state index in [2.05, 4.69) is 16.9 Å².